The van der Waals surface area contributed by atoms with Gasteiger partial charge < -0.3 is 4.84 Å². The molecule has 0 bridgehead atoms. The summed E-state index contributed by atoms with van der Waals surface area (Å²) in [7, 11) is -3.48. The first-order valence-corrected chi connectivity index (χ1v) is 9.08. The quantitative estimate of drug-likeness (QED) is 0.795. The summed E-state index contributed by atoms with van der Waals surface area (Å²) in [5.41, 5.74) is 1.14. The number of sulfone groups is 1. The summed E-state index contributed by atoms with van der Waals surface area (Å²) in [5, 5.41) is 3.83. The number of nitrogens with zero attached hydrogens (tertiary/aromatic N) is 1. The molecule has 0 saturated carbocycles. The van der Waals surface area contributed by atoms with Crippen molar-refractivity contribution in [1.29, 1.82) is 0 Å². The van der Waals surface area contributed by atoms with Crippen LogP contribution in [0, 0.1) is 0 Å². The zero-order valence-electron chi connectivity index (χ0n) is 12.5. The highest BCUT2D eigenvalue weighted by atomic mass is 35.5. The minimum absolute atomic E-state index is 0.0537. The Bertz CT molecular complexity index is 655. The van der Waals surface area contributed by atoms with Gasteiger partial charge in [-0.2, -0.15) is 0 Å². The largest absolute Gasteiger partial charge is 0.387 e. The lowest BCUT2D eigenvalue weighted by Gasteiger charge is -2.17. The van der Waals surface area contributed by atoms with Crippen LogP contribution in [0.1, 0.15) is 44.2 Å². The summed E-state index contributed by atoms with van der Waals surface area (Å²) in [4.78, 5) is 5.18. The number of hydrogen-bond acceptors (Lipinski definition) is 4. The van der Waals surface area contributed by atoms with Crippen LogP contribution in [0.3, 0.4) is 0 Å². The molecule has 0 fully saturated rings. The maximum absolute atomic E-state index is 12.5. The van der Waals surface area contributed by atoms with Crippen molar-refractivity contribution in [2.45, 2.75) is 44.5 Å². The van der Waals surface area contributed by atoms with Crippen molar-refractivity contribution in [1.82, 2.24) is 0 Å². The van der Waals surface area contributed by atoms with Gasteiger partial charge in [-0.1, -0.05) is 43.3 Å². The van der Waals surface area contributed by atoms with E-state index in [1.165, 1.54) is 0 Å². The highest BCUT2D eigenvalue weighted by Gasteiger charge is 2.39. The highest BCUT2D eigenvalue weighted by Crippen LogP contribution is 2.29. The van der Waals surface area contributed by atoms with Gasteiger partial charge in [0.25, 0.3) is 0 Å². The molecule has 1 aliphatic heterocycles. The Morgan fingerprint density at radius 2 is 2.05 bits per heavy atom. The Morgan fingerprint density at radius 3 is 2.62 bits per heavy atom. The van der Waals surface area contributed by atoms with E-state index in [0.29, 0.717) is 0 Å². The Kier molecular flexibility index (Phi) is 4.63. The summed E-state index contributed by atoms with van der Waals surface area (Å²) in [6.45, 7) is 5.85. The summed E-state index contributed by atoms with van der Waals surface area (Å²) in [6.07, 6.45) is 0.225. The van der Waals surface area contributed by atoms with Gasteiger partial charge in [-0.25, -0.2) is 8.42 Å². The van der Waals surface area contributed by atoms with E-state index in [1.54, 1.807) is 6.92 Å². The highest BCUT2D eigenvalue weighted by molar-refractivity contribution is 8.05. The van der Waals surface area contributed by atoms with Crippen LogP contribution in [0.4, 0.5) is 0 Å². The Labute approximate surface area is 131 Å². The predicted octanol–water partition coefficient (Wildman–Crippen LogP) is 3.46. The van der Waals surface area contributed by atoms with Crippen LogP contribution in [0.5, 0.6) is 0 Å². The molecule has 1 unspecified atom stereocenters. The van der Waals surface area contributed by atoms with E-state index in [1.807, 2.05) is 38.1 Å². The molecule has 1 atom stereocenters. The fourth-order valence-corrected chi connectivity index (χ4v) is 3.96. The molecule has 0 amide bonds. The molecule has 4 nitrogen and oxygen atoms in total. The van der Waals surface area contributed by atoms with Crippen molar-refractivity contribution in [2.75, 3.05) is 5.88 Å². The van der Waals surface area contributed by atoms with Crippen molar-refractivity contribution in [3.8, 4) is 0 Å². The van der Waals surface area contributed by atoms with Crippen molar-refractivity contribution in [3.63, 3.8) is 0 Å². The van der Waals surface area contributed by atoms with Crippen molar-refractivity contribution >= 4 is 26.5 Å². The van der Waals surface area contributed by atoms with Gasteiger partial charge in [-0.3, -0.25) is 0 Å². The van der Waals surface area contributed by atoms with Crippen LogP contribution in [-0.2, 0) is 20.4 Å². The molecule has 0 spiro atoms. The van der Waals surface area contributed by atoms with Crippen LogP contribution in [-0.4, -0.2) is 24.9 Å². The third-order valence-electron chi connectivity index (χ3n) is 3.56. The van der Waals surface area contributed by atoms with Gasteiger partial charge >= 0.3 is 0 Å². The zero-order valence-corrected chi connectivity index (χ0v) is 14.0. The molecular formula is C15H20ClNO3S. The number of rotatable bonds is 4. The number of alkyl halides is 1. The number of benzene rings is 1. The lowest BCUT2D eigenvalue weighted by molar-refractivity contribution is 0.0152. The Hall–Kier alpha value is -1.07. The fraction of sp³-hybridized carbons (Fsp3) is 0.533. The van der Waals surface area contributed by atoms with Crippen molar-refractivity contribution in [3.05, 3.63) is 35.4 Å². The van der Waals surface area contributed by atoms with Crippen LogP contribution in [0.2, 0.25) is 0 Å². The van der Waals surface area contributed by atoms with E-state index in [0.717, 1.165) is 11.1 Å². The van der Waals surface area contributed by atoms with Crippen LogP contribution >= 0.6 is 11.6 Å². The van der Waals surface area contributed by atoms with Crippen LogP contribution in [0.15, 0.2) is 29.4 Å². The van der Waals surface area contributed by atoms with Crippen molar-refractivity contribution in [2.24, 2.45) is 5.16 Å². The normalized spacial score (nSPS) is 22.2. The molecule has 1 aliphatic rings. The predicted molar refractivity (Wildman–Crippen MR) is 85.4 cm³/mol. The average molecular weight is 330 g/mol. The van der Waals surface area contributed by atoms with Gasteiger partial charge in [0.1, 0.15) is 0 Å². The van der Waals surface area contributed by atoms with E-state index in [4.69, 9.17) is 16.4 Å². The smallest absolute Gasteiger partial charge is 0.199 e. The van der Waals surface area contributed by atoms with Gasteiger partial charge in [0.15, 0.2) is 20.5 Å². The first-order valence-electron chi connectivity index (χ1n) is 6.89. The van der Waals surface area contributed by atoms with Crippen LogP contribution < -0.4 is 0 Å². The molecule has 0 radical (unpaired) electrons. The van der Waals surface area contributed by atoms with E-state index in [-0.39, 0.29) is 29.0 Å². The van der Waals surface area contributed by atoms with Crippen LogP contribution in [0.25, 0.3) is 0 Å². The SMILES string of the molecule is CC(C)c1ccccc1CS(=O)(=O)C1=NOC(C)(CCl)C1. The van der Waals surface area contributed by atoms with Gasteiger partial charge in [-0.05, 0) is 24.0 Å². The molecule has 21 heavy (non-hydrogen) atoms. The molecule has 116 valence electrons. The topological polar surface area (TPSA) is 55.7 Å². The maximum atomic E-state index is 12.5. The molecule has 0 aliphatic carbocycles. The lowest BCUT2D eigenvalue weighted by Crippen LogP contribution is -2.28. The van der Waals surface area contributed by atoms with E-state index < -0.39 is 15.4 Å². The third-order valence-corrected chi connectivity index (χ3v) is 5.75. The summed E-state index contributed by atoms with van der Waals surface area (Å²) in [5.74, 6) is 0.422. The van der Waals surface area contributed by atoms with Gasteiger partial charge in [0.2, 0.25) is 0 Å². The second kappa shape index (κ2) is 5.97. The molecule has 0 saturated heterocycles. The molecule has 1 aromatic rings. The Morgan fingerprint density at radius 1 is 1.38 bits per heavy atom. The van der Waals surface area contributed by atoms with Gasteiger partial charge in [0, 0.05) is 6.42 Å². The minimum atomic E-state index is -3.48. The molecule has 6 heteroatoms. The number of hydrogen-bond donors (Lipinski definition) is 0. The monoisotopic (exact) mass is 329 g/mol. The standard InChI is InChI=1S/C15H20ClNO3S/c1-11(2)13-7-5-4-6-12(13)9-21(18,19)14-8-15(3,10-16)20-17-14/h4-7,11H,8-10H2,1-3H3. The molecule has 0 N–H and O–H groups in total. The summed E-state index contributed by atoms with van der Waals surface area (Å²) in [6, 6.07) is 7.59. The molecular weight excluding hydrogens is 310 g/mol. The second-order valence-corrected chi connectivity index (χ2v) is 8.21. The summed E-state index contributed by atoms with van der Waals surface area (Å²) < 4.78 is 25.1. The minimum Gasteiger partial charge on any atom is -0.387 e. The fourth-order valence-electron chi connectivity index (χ4n) is 2.30. The van der Waals surface area contributed by atoms with Crippen molar-refractivity contribution < 1.29 is 13.3 Å². The van der Waals surface area contributed by atoms with Gasteiger partial charge in [0.05, 0.1) is 11.6 Å². The maximum Gasteiger partial charge on any atom is 0.199 e. The Balaban J connectivity index is 2.24. The van der Waals surface area contributed by atoms with E-state index >= 15 is 0 Å². The third kappa shape index (κ3) is 3.58. The van der Waals surface area contributed by atoms with E-state index in [9.17, 15) is 8.42 Å². The second-order valence-electron chi connectivity index (χ2n) is 5.95. The first-order chi connectivity index (χ1) is 9.77. The molecule has 1 aromatic carbocycles. The molecule has 1 heterocycles. The lowest BCUT2D eigenvalue weighted by atomic mass is 9.98. The zero-order chi connectivity index (χ0) is 15.7. The molecule has 2 rings (SSSR count). The molecule has 0 aromatic heterocycles. The average Bonchev–Trinajstić information content (AvgIpc) is 2.83. The first kappa shape index (κ1) is 16.3. The van der Waals surface area contributed by atoms with E-state index in [2.05, 4.69) is 5.16 Å². The number of oxime groups is 1. The van der Waals surface area contributed by atoms with Gasteiger partial charge in [-0.15, -0.1) is 11.6 Å². The number of halogens is 1. The summed E-state index contributed by atoms with van der Waals surface area (Å²) >= 11 is 5.80.